The van der Waals surface area contributed by atoms with Gasteiger partial charge in [0.15, 0.2) is 5.78 Å². The Morgan fingerprint density at radius 2 is 2.14 bits per heavy atom. The number of Topliss-reactive ketones (excluding diaryl/α,β-unsaturated/α-hetero) is 1. The monoisotopic (exact) mass is 249 g/mol. The second-order valence-electron chi connectivity index (χ2n) is 3.59. The standard InChI is InChI=1S/C11H8BrNO/c12-6-1-2-8-7(5-6)11-9(13-8)3-4-10(11)14/h1-2,5,13H,3-4H2. The number of ketones is 1. The maximum atomic E-state index is 11.6. The Labute approximate surface area is 89.4 Å². The normalized spacial score (nSPS) is 15.1. The SMILES string of the molecule is O=C1CCc2[nH]c3ccc(Br)cc3c21. The molecule has 2 nitrogen and oxygen atoms in total. The zero-order chi connectivity index (χ0) is 9.71. The van der Waals surface area contributed by atoms with Gasteiger partial charge in [0, 0.05) is 33.1 Å². The Hall–Kier alpha value is -1.09. The summed E-state index contributed by atoms with van der Waals surface area (Å²) in [7, 11) is 0. The predicted octanol–water partition coefficient (Wildman–Crippen LogP) is 3.06. The van der Waals surface area contributed by atoms with E-state index >= 15 is 0 Å². The van der Waals surface area contributed by atoms with Gasteiger partial charge >= 0.3 is 0 Å². The van der Waals surface area contributed by atoms with E-state index in [1.165, 1.54) is 0 Å². The molecule has 1 heterocycles. The maximum absolute atomic E-state index is 11.6. The Morgan fingerprint density at radius 1 is 1.29 bits per heavy atom. The molecular weight excluding hydrogens is 242 g/mol. The highest BCUT2D eigenvalue weighted by Gasteiger charge is 2.24. The maximum Gasteiger partial charge on any atom is 0.165 e. The van der Waals surface area contributed by atoms with E-state index in [0.717, 1.165) is 33.1 Å². The summed E-state index contributed by atoms with van der Waals surface area (Å²) in [6, 6.07) is 6.00. The van der Waals surface area contributed by atoms with E-state index in [1.807, 2.05) is 18.2 Å². The molecule has 70 valence electrons. The molecule has 3 rings (SSSR count). The van der Waals surface area contributed by atoms with Crippen LogP contribution in [0.25, 0.3) is 10.9 Å². The lowest BCUT2D eigenvalue weighted by molar-refractivity contribution is 0.0996. The molecule has 0 amide bonds. The number of rotatable bonds is 0. The number of fused-ring (bicyclic) bond motifs is 3. The van der Waals surface area contributed by atoms with Crippen molar-refractivity contribution in [3.05, 3.63) is 33.9 Å². The summed E-state index contributed by atoms with van der Waals surface area (Å²) < 4.78 is 1.02. The molecule has 3 heteroatoms. The van der Waals surface area contributed by atoms with Gasteiger partial charge < -0.3 is 4.98 Å². The van der Waals surface area contributed by atoms with E-state index in [0.29, 0.717) is 6.42 Å². The van der Waals surface area contributed by atoms with Crippen LogP contribution in [0.2, 0.25) is 0 Å². The minimum atomic E-state index is 0.268. The van der Waals surface area contributed by atoms with Gasteiger partial charge in [0.1, 0.15) is 0 Å². The van der Waals surface area contributed by atoms with E-state index in [-0.39, 0.29) is 5.78 Å². The van der Waals surface area contributed by atoms with E-state index in [4.69, 9.17) is 0 Å². The first-order valence-corrected chi connectivity index (χ1v) is 5.38. The van der Waals surface area contributed by atoms with Crippen LogP contribution in [0.1, 0.15) is 22.5 Å². The molecule has 2 aromatic rings. The van der Waals surface area contributed by atoms with Crippen molar-refractivity contribution in [1.82, 2.24) is 4.98 Å². The van der Waals surface area contributed by atoms with Crippen molar-refractivity contribution in [2.75, 3.05) is 0 Å². The molecular formula is C11H8BrNO. The molecule has 0 bridgehead atoms. The smallest absolute Gasteiger partial charge is 0.165 e. The van der Waals surface area contributed by atoms with Gasteiger partial charge in [-0.05, 0) is 24.6 Å². The van der Waals surface area contributed by atoms with Gasteiger partial charge in [-0.1, -0.05) is 15.9 Å². The van der Waals surface area contributed by atoms with Crippen molar-refractivity contribution < 1.29 is 4.79 Å². The summed E-state index contributed by atoms with van der Waals surface area (Å²) in [5.41, 5.74) is 3.07. The summed E-state index contributed by atoms with van der Waals surface area (Å²) in [5, 5.41) is 1.05. The minimum absolute atomic E-state index is 0.268. The molecule has 1 aromatic carbocycles. The van der Waals surface area contributed by atoms with Gasteiger partial charge in [0.05, 0.1) is 0 Å². The number of aromatic amines is 1. The fourth-order valence-electron chi connectivity index (χ4n) is 2.09. The number of carbonyl (C=O) groups excluding carboxylic acids is 1. The van der Waals surface area contributed by atoms with Crippen LogP contribution in [0.5, 0.6) is 0 Å². The molecule has 0 spiro atoms. The van der Waals surface area contributed by atoms with Crippen molar-refractivity contribution in [1.29, 1.82) is 0 Å². The van der Waals surface area contributed by atoms with Crippen LogP contribution < -0.4 is 0 Å². The summed E-state index contributed by atoms with van der Waals surface area (Å²) in [5.74, 6) is 0.268. The van der Waals surface area contributed by atoms with Crippen molar-refractivity contribution in [2.45, 2.75) is 12.8 Å². The third-order valence-corrected chi connectivity index (χ3v) is 3.21. The van der Waals surface area contributed by atoms with E-state index in [2.05, 4.69) is 20.9 Å². The first kappa shape index (κ1) is 8.24. The highest BCUT2D eigenvalue weighted by Crippen LogP contribution is 2.31. The molecule has 0 radical (unpaired) electrons. The molecule has 1 aromatic heterocycles. The fraction of sp³-hybridized carbons (Fsp3) is 0.182. The summed E-state index contributed by atoms with van der Waals surface area (Å²) in [4.78, 5) is 14.9. The predicted molar refractivity (Wildman–Crippen MR) is 58.7 cm³/mol. The fourth-order valence-corrected chi connectivity index (χ4v) is 2.45. The largest absolute Gasteiger partial charge is 0.358 e. The molecule has 0 saturated carbocycles. The zero-order valence-electron chi connectivity index (χ0n) is 7.43. The van der Waals surface area contributed by atoms with Gasteiger partial charge in [-0.3, -0.25) is 4.79 Å². The van der Waals surface area contributed by atoms with Crippen molar-refractivity contribution in [3.8, 4) is 0 Å². The Morgan fingerprint density at radius 3 is 3.00 bits per heavy atom. The summed E-state index contributed by atoms with van der Waals surface area (Å²) in [6.45, 7) is 0. The number of benzene rings is 1. The molecule has 0 aliphatic heterocycles. The van der Waals surface area contributed by atoms with E-state index < -0.39 is 0 Å². The Kier molecular flexibility index (Phi) is 1.59. The molecule has 0 unspecified atom stereocenters. The molecule has 1 N–H and O–H groups in total. The van der Waals surface area contributed by atoms with Crippen LogP contribution >= 0.6 is 15.9 Å². The van der Waals surface area contributed by atoms with E-state index in [1.54, 1.807) is 0 Å². The quantitative estimate of drug-likeness (QED) is 0.765. The zero-order valence-corrected chi connectivity index (χ0v) is 9.02. The van der Waals surface area contributed by atoms with Gasteiger partial charge in [0.2, 0.25) is 0 Å². The van der Waals surface area contributed by atoms with Gasteiger partial charge in [-0.15, -0.1) is 0 Å². The number of hydrogen-bond acceptors (Lipinski definition) is 1. The van der Waals surface area contributed by atoms with E-state index in [9.17, 15) is 4.79 Å². The van der Waals surface area contributed by atoms with Crippen molar-refractivity contribution >= 4 is 32.6 Å². The van der Waals surface area contributed by atoms with Gasteiger partial charge in [0.25, 0.3) is 0 Å². The minimum Gasteiger partial charge on any atom is -0.358 e. The van der Waals surface area contributed by atoms with Gasteiger partial charge in [-0.2, -0.15) is 0 Å². The number of aromatic nitrogens is 1. The molecule has 0 saturated heterocycles. The number of hydrogen-bond donors (Lipinski definition) is 1. The Bertz CT molecular complexity index is 541. The number of carbonyl (C=O) groups is 1. The second kappa shape index (κ2) is 2.70. The second-order valence-corrected chi connectivity index (χ2v) is 4.51. The molecule has 14 heavy (non-hydrogen) atoms. The van der Waals surface area contributed by atoms with Crippen molar-refractivity contribution in [2.24, 2.45) is 0 Å². The lowest BCUT2D eigenvalue weighted by Crippen LogP contribution is -1.89. The lowest BCUT2D eigenvalue weighted by Gasteiger charge is -1.94. The molecule has 0 fully saturated rings. The lowest BCUT2D eigenvalue weighted by atomic mass is 10.1. The number of aryl methyl sites for hydroxylation is 1. The first-order chi connectivity index (χ1) is 6.75. The van der Waals surface area contributed by atoms with Crippen LogP contribution in [-0.4, -0.2) is 10.8 Å². The van der Waals surface area contributed by atoms with Crippen molar-refractivity contribution in [3.63, 3.8) is 0 Å². The van der Waals surface area contributed by atoms with Crippen LogP contribution in [0.4, 0.5) is 0 Å². The van der Waals surface area contributed by atoms with Crippen LogP contribution in [0.15, 0.2) is 22.7 Å². The summed E-state index contributed by atoms with van der Waals surface area (Å²) >= 11 is 3.42. The number of halogens is 1. The molecule has 0 atom stereocenters. The Balaban J connectivity index is 2.43. The van der Waals surface area contributed by atoms with Crippen LogP contribution in [-0.2, 0) is 6.42 Å². The van der Waals surface area contributed by atoms with Gasteiger partial charge in [-0.25, -0.2) is 0 Å². The molecule has 1 aliphatic carbocycles. The summed E-state index contributed by atoms with van der Waals surface area (Å²) in [6.07, 6.45) is 1.52. The van der Waals surface area contributed by atoms with Crippen LogP contribution in [0, 0.1) is 0 Å². The highest BCUT2D eigenvalue weighted by atomic mass is 79.9. The topological polar surface area (TPSA) is 32.9 Å². The average molecular weight is 250 g/mol. The number of H-pyrrole nitrogens is 1. The first-order valence-electron chi connectivity index (χ1n) is 4.59. The third kappa shape index (κ3) is 0.989. The highest BCUT2D eigenvalue weighted by molar-refractivity contribution is 9.10. The third-order valence-electron chi connectivity index (χ3n) is 2.72. The van der Waals surface area contributed by atoms with Crippen LogP contribution in [0.3, 0.4) is 0 Å². The average Bonchev–Trinajstić information content (AvgIpc) is 2.67. The molecule has 1 aliphatic rings. The number of nitrogens with one attached hydrogen (secondary N) is 1.